The average Bonchev–Trinajstić information content (AvgIpc) is 2.50. The van der Waals surface area contributed by atoms with Crippen LogP contribution in [0.1, 0.15) is 63.4 Å². The first-order valence-corrected chi connectivity index (χ1v) is 8.61. The van der Waals surface area contributed by atoms with Crippen LogP contribution in [0.25, 0.3) is 0 Å². The maximum absolute atomic E-state index is 13.5. The van der Waals surface area contributed by atoms with E-state index in [9.17, 15) is 4.39 Å². The van der Waals surface area contributed by atoms with E-state index in [-0.39, 0.29) is 10.8 Å². The molecule has 0 atom stereocenters. The first kappa shape index (κ1) is 16.8. The van der Waals surface area contributed by atoms with E-state index >= 15 is 0 Å². The third kappa shape index (κ3) is 5.27. The molecular formula is C18H26ClFO. The molecule has 1 nitrogen and oxygen atoms in total. The highest BCUT2D eigenvalue weighted by Crippen LogP contribution is 2.38. The lowest BCUT2D eigenvalue weighted by Crippen LogP contribution is -2.14. The van der Waals surface area contributed by atoms with E-state index in [0.29, 0.717) is 5.92 Å². The third-order valence-corrected chi connectivity index (χ3v) is 4.82. The molecule has 0 unspecified atom stereocenters. The number of hydrogen-bond donors (Lipinski definition) is 0. The fourth-order valence-electron chi connectivity index (χ4n) is 3.27. The number of ether oxygens (including phenoxy) is 1. The van der Waals surface area contributed by atoms with Gasteiger partial charge < -0.3 is 4.74 Å². The van der Waals surface area contributed by atoms with Gasteiger partial charge in [0, 0.05) is 13.2 Å². The van der Waals surface area contributed by atoms with E-state index in [1.54, 1.807) is 12.1 Å². The zero-order valence-corrected chi connectivity index (χ0v) is 13.7. The first-order chi connectivity index (χ1) is 10.2. The minimum Gasteiger partial charge on any atom is -0.381 e. The van der Waals surface area contributed by atoms with Crippen molar-refractivity contribution in [3.05, 3.63) is 34.6 Å². The van der Waals surface area contributed by atoms with Crippen molar-refractivity contribution in [3.8, 4) is 0 Å². The third-order valence-electron chi connectivity index (χ3n) is 4.51. The highest BCUT2D eigenvalue weighted by Gasteiger charge is 2.22. The molecule has 0 saturated heterocycles. The molecule has 1 aromatic carbocycles. The minimum absolute atomic E-state index is 0.222. The summed E-state index contributed by atoms with van der Waals surface area (Å²) in [6.07, 6.45) is 8.38. The van der Waals surface area contributed by atoms with Gasteiger partial charge in [0.25, 0.3) is 0 Å². The van der Waals surface area contributed by atoms with E-state index in [1.807, 2.05) is 6.07 Å². The van der Waals surface area contributed by atoms with Gasteiger partial charge in [-0.15, -0.1) is 0 Å². The first-order valence-electron chi connectivity index (χ1n) is 8.23. The van der Waals surface area contributed by atoms with Crippen molar-refractivity contribution in [1.29, 1.82) is 0 Å². The summed E-state index contributed by atoms with van der Waals surface area (Å²) in [7, 11) is 0. The Kier molecular flexibility index (Phi) is 6.98. The van der Waals surface area contributed by atoms with Crippen LogP contribution < -0.4 is 0 Å². The summed E-state index contributed by atoms with van der Waals surface area (Å²) in [6.45, 7) is 3.92. The lowest BCUT2D eigenvalue weighted by atomic mass is 9.77. The van der Waals surface area contributed by atoms with Crippen LogP contribution in [-0.2, 0) is 4.74 Å². The molecule has 0 N–H and O–H groups in total. The van der Waals surface area contributed by atoms with E-state index in [4.69, 9.17) is 16.3 Å². The molecule has 1 saturated carbocycles. The molecule has 2 rings (SSSR count). The summed E-state index contributed by atoms with van der Waals surface area (Å²) in [4.78, 5) is 0. The van der Waals surface area contributed by atoms with Gasteiger partial charge in [0.05, 0.1) is 5.02 Å². The molecule has 21 heavy (non-hydrogen) atoms. The van der Waals surface area contributed by atoms with Gasteiger partial charge in [-0.25, -0.2) is 4.39 Å². The second-order valence-corrected chi connectivity index (χ2v) is 6.55. The number of benzene rings is 1. The van der Waals surface area contributed by atoms with Crippen molar-refractivity contribution in [2.75, 3.05) is 13.2 Å². The van der Waals surface area contributed by atoms with E-state index in [2.05, 4.69) is 6.92 Å². The monoisotopic (exact) mass is 312 g/mol. The molecule has 0 spiro atoms. The van der Waals surface area contributed by atoms with Gasteiger partial charge in [0.2, 0.25) is 0 Å². The Hall–Kier alpha value is -0.600. The second-order valence-electron chi connectivity index (χ2n) is 6.15. The van der Waals surface area contributed by atoms with Gasteiger partial charge in [-0.1, -0.05) is 24.6 Å². The predicted molar refractivity (Wildman–Crippen MR) is 86.5 cm³/mol. The molecule has 0 heterocycles. The number of halogens is 2. The SMILES string of the molecule is CCCOCCC[C@H]1CC[C@H](c2ccc(Cl)c(F)c2)CC1. The molecule has 1 aliphatic carbocycles. The maximum Gasteiger partial charge on any atom is 0.142 e. The van der Waals surface area contributed by atoms with Crippen LogP contribution in [0.4, 0.5) is 4.39 Å². The molecule has 1 fully saturated rings. The van der Waals surface area contributed by atoms with Gasteiger partial charge in [-0.2, -0.15) is 0 Å². The van der Waals surface area contributed by atoms with Gasteiger partial charge >= 0.3 is 0 Å². The van der Waals surface area contributed by atoms with Crippen LogP contribution in [0.15, 0.2) is 18.2 Å². The standard InChI is InChI=1S/C18H26ClFO/c1-2-11-21-12-3-4-14-5-7-15(8-6-14)16-9-10-17(19)18(20)13-16/h9-10,13-15H,2-8,11-12H2,1H3/t14-,15-. The van der Waals surface area contributed by atoms with Crippen LogP contribution in [0.5, 0.6) is 0 Å². The molecular weight excluding hydrogens is 287 g/mol. The molecule has 118 valence electrons. The Balaban J connectivity index is 1.71. The van der Waals surface area contributed by atoms with Gasteiger partial charge in [-0.05, 0) is 74.5 Å². The molecule has 1 aliphatic rings. The largest absolute Gasteiger partial charge is 0.381 e. The fourth-order valence-corrected chi connectivity index (χ4v) is 3.39. The Bertz CT molecular complexity index is 427. The second kappa shape index (κ2) is 8.75. The Labute approximate surface area is 132 Å². The van der Waals surface area contributed by atoms with Crippen molar-refractivity contribution >= 4 is 11.6 Å². The maximum atomic E-state index is 13.5. The van der Waals surface area contributed by atoms with Crippen LogP contribution in [0.3, 0.4) is 0 Å². The zero-order valence-electron chi connectivity index (χ0n) is 12.9. The topological polar surface area (TPSA) is 9.23 Å². The van der Waals surface area contributed by atoms with Crippen molar-refractivity contribution in [3.63, 3.8) is 0 Å². The van der Waals surface area contributed by atoms with E-state index in [1.165, 1.54) is 38.5 Å². The van der Waals surface area contributed by atoms with E-state index in [0.717, 1.165) is 31.1 Å². The van der Waals surface area contributed by atoms with Crippen molar-refractivity contribution < 1.29 is 9.13 Å². The van der Waals surface area contributed by atoms with Crippen LogP contribution >= 0.6 is 11.6 Å². The van der Waals surface area contributed by atoms with Crippen LogP contribution in [0, 0.1) is 11.7 Å². The minimum atomic E-state index is -0.288. The normalized spacial score (nSPS) is 22.4. The fraction of sp³-hybridized carbons (Fsp3) is 0.667. The molecule has 0 aromatic heterocycles. The lowest BCUT2D eigenvalue weighted by Gasteiger charge is -2.29. The molecule has 0 bridgehead atoms. The predicted octanol–water partition coefficient (Wildman–Crippen LogP) is 5.96. The summed E-state index contributed by atoms with van der Waals surface area (Å²) >= 11 is 5.75. The smallest absolute Gasteiger partial charge is 0.142 e. The average molecular weight is 313 g/mol. The van der Waals surface area contributed by atoms with Crippen LogP contribution in [0.2, 0.25) is 5.02 Å². The highest BCUT2D eigenvalue weighted by atomic mass is 35.5. The zero-order chi connectivity index (χ0) is 15.1. The summed E-state index contributed by atoms with van der Waals surface area (Å²) < 4.78 is 19.1. The summed E-state index contributed by atoms with van der Waals surface area (Å²) in [5.41, 5.74) is 1.11. The van der Waals surface area contributed by atoms with E-state index < -0.39 is 0 Å². The molecule has 3 heteroatoms. The van der Waals surface area contributed by atoms with Gasteiger partial charge in [0.1, 0.15) is 5.82 Å². The number of hydrogen-bond acceptors (Lipinski definition) is 1. The Morgan fingerprint density at radius 2 is 1.95 bits per heavy atom. The molecule has 1 aromatic rings. The van der Waals surface area contributed by atoms with Gasteiger partial charge in [-0.3, -0.25) is 0 Å². The van der Waals surface area contributed by atoms with Crippen molar-refractivity contribution in [2.45, 2.75) is 57.8 Å². The quantitative estimate of drug-likeness (QED) is 0.564. The molecule has 0 aliphatic heterocycles. The number of rotatable bonds is 7. The van der Waals surface area contributed by atoms with Gasteiger partial charge in [0.15, 0.2) is 0 Å². The summed E-state index contributed by atoms with van der Waals surface area (Å²) in [5, 5.41) is 0.222. The summed E-state index contributed by atoms with van der Waals surface area (Å²) in [5.74, 6) is 1.04. The molecule has 0 radical (unpaired) electrons. The Morgan fingerprint density at radius 1 is 1.19 bits per heavy atom. The Morgan fingerprint density at radius 3 is 2.62 bits per heavy atom. The lowest BCUT2D eigenvalue weighted by molar-refractivity contribution is 0.124. The van der Waals surface area contributed by atoms with Crippen molar-refractivity contribution in [2.24, 2.45) is 5.92 Å². The highest BCUT2D eigenvalue weighted by molar-refractivity contribution is 6.30. The molecule has 0 amide bonds. The van der Waals surface area contributed by atoms with Crippen LogP contribution in [-0.4, -0.2) is 13.2 Å². The summed E-state index contributed by atoms with van der Waals surface area (Å²) in [6, 6.07) is 5.28. The van der Waals surface area contributed by atoms with Crippen molar-refractivity contribution in [1.82, 2.24) is 0 Å².